The third kappa shape index (κ3) is 4.25. The third-order valence-corrected chi connectivity index (χ3v) is 3.67. The van der Waals surface area contributed by atoms with Gasteiger partial charge in [-0.1, -0.05) is 43.6 Å². The molecule has 0 aliphatic carbocycles. The van der Waals surface area contributed by atoms with Crippen LogP contribution in [0.2, 0.25) is 5.02 Å². The van der Waals surface area contributed by atoms with Crippen LogP contribution in [0.15, 0.2) is 42.5 Å². The molecule has 2 aromatic carbocycles. The maximum atomic E-state index is 11.9. The van der Waals surface area contributed by atoms with Crippen molar-refractivity contribution >= 4 is 17.6 Å². The fourth-order valence-electron chi connectivity index (χ4n) is 2.07. The first-order valence-corrected chi connectivity index (χ1v) is 7.53. The molecule has 3 nitrogen and oxygen atoms in total. The normalized spacial score (nSPS) is 10.6. The average Bonchev–Trinajstić information content (AvgIpc) is 2.49. The largest absolute Gasteiger partial charge is 0.482 e. The lowest BCUT2D eigenvalue weighted by molar-refractivity contribution is -0.136. The molecule has 0 aromatic heterocycles. The van der Waals surface area contributed by atoms with E-state index in [0.29, 0.717) is 22.4 Å². The van der Waals surface area contributed by atoms with E-state index in [9.17, 15) is 4.79 Å². The molecule has 22 heavy (non-hydrogen) atoms. The number of benzene rings is 2. The quantitative estimate of drug-likeness (QED) is 0.589. The summed E-state index contributed by atoms with van der Waals surface area (Å²) in [6.07, 6.45) is 0. The van der Waals surface area contributed by atoms with Gasteiger partial charge in [-0.05, 0) is 48.2 Å². The summed E-state index contributed by atoms with van der Waals surface area (Å²) < 4.78 is 10.8. The van der Waals surface area contributed by atoms with Crippen molar-refractivity contribution in [2.45, 2.75) is 26.7 Å². The van der Waals surface area contributed by atoms with Gasteiger partial charge < -0.3 is 9.47 Å². The number of aryl methyl sites for hydroxylation is 1. The minimum atomic E-state index is -0.444. The van der Waals surface area contributed by atoms with E-state index in [1.165, 1.54) is 0 Å². The Balaban J connectivity index is 1.97. The van der Waals surface area contributed by atoms with E-state index < -0.39 is 5.97 Å². The van der Waals surface area contributed by atoms with Crippen molar-refractivity contribution in [3.05, 3.63) is 58.6 Å². The van der Waals surface area contributed by atoms with Gasteiger partial charge in [0.25, 0.3) is 0 Å². The summed E-state index contributed by atoms with van der Waals surface area (Å²) in [5, 5.41) is 0.641. The standard InChI is InChI=1S/C18H19ClO3/c1-12(2)15-6-4-5-7-17(15)21-11-18(20)22-14-8-9-16(19)13(3)10-14/h4-10,12H,11H2,1-3H3. The van der Waals surface area contributed by atoms with Crippen LogP contribution in [0.25, 0.3) is 0 Å². The highest BCUT2D eigenvalue weighted by molar-refractivity contribution is 6.31. The fraction of sp³-hybridized carbons (Fsp3) is 0.278. The summed E-state index contributed by atoms with van der Waals surface area (Å²) >= 11 is 5.94. The van der Waals surface area contributed by atoms with Crippen LogP contribution in [-0.4, -0.2) is 12.6 Å². The molecule has 2 aromatic rings. The molecular weight excluding hydrogens is 300 g/mol. The number of rotatable bonds is 5. The lowest BCUT2D eigenvalue weighted by Crippen LogP contribution is -2.18. The van der Waals surface area contributed by atoms with Crippen LogP contribution >= 0.6 is 11.6 Å². The predicted molar refractivity (Wildman–Crippen MR) is 87.9 cm³/mol. The number of carbonyl (C=O) groups is 1. The first-order chi connectivity index (χ1) is 10.5. The maximum Gasteiger partial charge on any atom is 0.349 e. The number of carbonyl (C=O) groups excluding carboxylic acids is 1. The molecule has 0 aliphatic heterocycles. The summed E-state index contributed by atoms with van der Waals surface area (Å²) in [4.78, 5) is 11.9. The van der Waals surface area contributed by atoms with Crippen LogP contribution < -0.4 is 9.47 Å². The van der Waals surface area contributed by atoms with Gasteiger partial charge in [0.05, 0.1) is 0 Å². The highest BCUT2D eigenvalue weighted by Crippen LogP contribution is 2.26. The van der Waals surface area contributed by atoms with Crippen molar-refractivity contribution in [1.29, 1.82) is 0 Å². The molecule has 0 fully saturated rings. The van der Waals surface area contributed by atoms with Crippen molar-refractivity contribution in [3.63, 3.8) is 0 Å². The van der Waals surface area contributed by atoms with Gasteiger partial charge in [-0.2, -0.15) is 0 Å². The van der Waals surface area contributed by atoms with E-state index in [-0.39, 0.29) is 6.61 Å². The second-order valence-electron chi connectivity index (χ2n) is 5.37. The first-order valence-electron chi connectivity index (χ1n) is 7.16. The molecule has 4 heteroatoms. The van der Waals surface area contributed by atoms with Crippen molar-refractivity contribution in [2.24, 2.45) is 0 Å². The number of hydrogen-bond acceptors (Lipinski definition) is 3. The van der Waals surface area contributed by atoms with Crippen LogP contribution in [0.3, 0.4) is 0 Å². The Morgan fingerprint density at radius 1 is 1.18 bits per heavy atom. The Morgan fingerprint density at radius 2 is 1.91 bits per heavy atom. The van der Waals surface area contributed by atoms with E-state index in [1.54, 1.807) is 18.2 Å². The number of halogens is 1. The monoisotopic (exact) mass is 318 g/mol. The molecule has 0 amide bonds. The zero-order chi connectivity index (χ0) is 16.1. The van der Waals surface area contributed by atoms with Gasteiger partial charge in [-0.25, -0.2) is 4.79 Å². The van der Waals surface area contributed by atoms with Crippen LogP contribution in [0.1, 0.15) is 30.9 Å². The summed E-state index contributed by atoms with van der Waals surface area (Å²) in [6.45, 7) is 5.88. The van der Waals surface area contributed by atoms with E-state index in [0.717, 1.165) is 11.1 Å². The highest BCUT2D eigenvalue weighted by Gasteiger charge is 2.11. The molecule has 0 aliphatic rings. The van der Waals surface area contributed by atoms with Crippen molar-refractivity contribution in [2.75, 3.05) is 6.61 Å². The smallest absolute Gasteiger partial charge is 0.349 e. The lowest BCUT2D eigenvalue weighted by Gasteiger charge is -2.13. The summed E-state index contributed by atoms with van der Waals surface area (Å²) in [7, 11) is 0. The molecular formula is C18H19ClO3. The average molecular weight is 319 g/mol. The van der Waals surface area contributed by atoms with E-state index in [1.807, 2.05) is 31.2 Å². The van der Waals surface area contributed by atoms with Crippen LogP contribution in [-0.2, 0) is 4.79 Å². The molecule has 0 N–H and O–H groups in total. The van der Waals surface area contributed by atoms with Gasteiger partial charge in [0, 0.05) is 5.02 Å². The number of ether oxygens (including phenoxy) is 2. The van der Waals surface area contributed by atoms with Gasteiger partial charge in [-0.3, -0.25) is 0 Å². The predicted octanol–water partition coefficient (Wildman–Crippen LogP) is 4.76. The Labute approximate surface area is 135 Å². The summed E-state index contributed by atoms with van der Waals surface area (Å²) in [5.74, 6) is 1.06. The molecule has 0 saturated carbocycles. The molecule has 2 rings (SSSR count). The number of esters is 1. The van der Waals surface area contributed by atoms with Gasteiger partial charge in [0.15, 0.2) is 6.61 Å². The van der Waals surface area contributed by atoms with Gasteiger partial charge >= 0.3 is 5.97 Å². The molecule has 0 radical (unpaired) electrons. The minimum Gasteiger partial charge on any atom is -0.482 e. The Kier molecular flexibility index (Phi) is 5.45. The molecule has 0 saturated heterocycles. The van der Waals surface area contributed by atoms with Crippen LogP contribution in [0.4, 0.5) is 0 Å². The SMILES string of the molecule is Cc1cc(OC(=O)COc2ccccc2C(C)C)ccc1Cl. The van der Waals surface area contributed by atoms with Crippen LogP contribution in [0, 0.1) is 6.92 Å². The molecule has 116 valence electrons. The highest BCUT2D eigenvalue weighted by atomic mass is 35.5. The third-order valence-electron chi connectivity index (χ3n) is 3.25. The molecule has 0 bridgehead atoms. The second-order valence-corrected chi connectivity index (χ2v) is 5.77. The van der Waals surface area contributed by atoms with Crippen LogP contribution in [0.5, 0.6) is 11.5 Å². The second kappa shape index (κ2) is 7.32. The minimum absolute atomic E-state index is 0.134. The molecule has 0 heterocycles. The van der Waals surface area contributed by atoms with E-state index in [4.69, 9.17) is 21.1 Å². The molecule has 0 atom stereocenters. The van der Waals surface area contributed by atoms with Gasteiger partial charge in [0.2, 0.25) is 0 Å². The van der Waals surface area contributed by atoms with Crippen molar-refractivity contribution < 1.29 is 14.3 Å². The maximum absolute atomic E-state index is 11.9. The first kappa shape index (κ1) is 16.4. The van der Waals surface area contributed by atoms with E-state index >= 15 is 0 Å². The lowest BCUT2D eigenvalue weighted by atomic mass is 10.0. The fourth-order valence-corrected chi connectivity index (χ4v) is 2.18. The number of para-hydroxylation sites is 1. The molecule has 0 spiro atoms. The zero-order valence-electron chi connectivity index (χ0n) is 12.9. The topological polar surface area (TPSA) is 35.5 Å². The van der Waals surface area contributed by atoms with Crippen molar-refractivity contribution in [3.8, 4) is 11.5 Å². The van der Waals surface area contributed by atoms with E-state index in [2.05, 4.69) is 13.8 Å². The van der Waals surface area contributed by atoms with Crippen molar-refractivity contribution in [1.82, 2.24) is 0 Å². The summed E-state index contributed by atoms with van der Waals surface area (Å²) in [5.41, 5.74) is 1.93. The Hall–Kier alpha value is -2.00. The van der Waals surface area contributed by atoms with Gasteiger partial charge in [0.1, 0.15) is 11.5 Å². The zero-order valence-corrected chi connectivity index (χ0v) is 13.7. The van der Waals surface area contributed by atoms with Gasteiger partial charge in [-0.15, -0.1) is 0 Å². The summed E-state index contributed by atoms with van der Waals surface area (Å²) in [6, 6.07) is 12.8. The molecule has 0 unspecified atom stereocenters. The Bertz CT molecular complexity index is 665. The number of hydrogen-bond donors (Lipinski definition) is 0. The Morgan fingerprint density at radius 3 is 2.59 bits per heavy atom.